The second-order valence-corrected chi connectivity index (χ2v) is 7.28. The van der Waals surface area contributed by atoms with E-state index in [1.54, 1.807) is 0 Å². The highest BCUT2D eigenvalue weighted by molar-refractivity contribution is 5.79. The molecule has 130 valence electrons. The monoisotopic (exact) mass is 322 g/mol. The van der Waals surface area contributed by atoms with E-state index in [1.165, 1.54) is 0 Å². The van der Waals surface area contributed by atoms with Crippen molar-refractivity contribution in [3.05, 3.63) is 0 Å². The molecule has 3 atom stereocenters. The fraction of sp³-hybridized carbons (Fsp3) is 0.882. The largest absolute Gasteiger partial charge is 0.392 e. The summed E-state index contributed by atoms with van der Waals surface area (Å²) in [6, 6.07) is 2.64. The lowest BCUT2D eigenvalue weighted by Gasteiger charge is -2.41. The molecule has 0 aromatic rings. The minimum absolute atomic E-state index is 0.0558. The fourth-order valence-electron chi connectivity index (χ4n) is 3.48. The number of nitrogens with one attached hydrogen (secondary N) is 1. The van der Waals surface area contributed by atoms with Gasteiger partial charge in [-0.25, -0.2) is 0 Å². The molecule has 6 heteroatoms. The molecule has 2 N–H and O–H groups in total. The van der Waals surface area contributed by atoms with E-state index in [-0.39, 0.29) is 12.0 Å². The number of β-amino-alcohol motifs (C(OH)–C–C–N with tert-alkyl or cyclic N) is 1. The molecule has 0 aromatic heterocycles. The molecule has 0 aromatic carbocycles. The summed E-state index contributed by atoms with van der Waals surface area (Å²) in [7, 11) is 0. The first kappa shape index (κ1) is 18.2. The standard InChI is InChI=1S/C17H30N4O2/c1-4-15-10-20(7-8-21(15)9-13(2)22)11-16(23)19-17(3,12-18)14-5-6-14/h13-15,22H,4-11H2,1-3H3,(H,19,23)/t13-,15-,17+/m1/s1. The van der Waals surface area contributed by atoms with Gasteiger partial charge in [0, 0.05) is 32.2 Å². The molecule has 1 amide bonds. The number of hydrogen-bond acceptors (Lipinski definition) is 5. The zero-order valence-electron chi connectivity index (χ0n) is 14.6. The van der Waals surface area contributed by atoms with Crippen LogP contribution in [0.3, 0.4) is 0 Å². The van der Waals surface area contributed by atoms with Gasteiger partial charge in [0.2, 0.25) is 5.91 Å². The average molecular weight is 322 g/mol. The maximum atomic E-state index is 12.3. The van der Waals surface area contributed by atoms with Crippen LogP contribution in [0.5, 0.6) is 0 Å². The summed E-state index contributed by atoms with van der Waals surface area (Å²) in [6.45, 7) is 9.35. The Hall–Kier alpha value is -1.16. The molecule has 1 saturated heterocycles. The highest BCUT2D eigenvalue weighted by atomic mass is 16.3. The van der Waals surface area contributed by atoms with E-state index in [2.05, 4.69) is 28.1 Å². The number of nitrogens with zero attached hydrogens (tertiary/aromatic N) is 3. The van der Waals surface area contributed by atoms with Gasteiger partial charge < -0.3 is 10.4 Å². The average Bonchev–Trinajstić information content (AvgIpc) is 3.33. The quantitative estimate of drug-likeness (QED) is 0.716. The molecule has 0 bridgehead atoms. The van der Waals surface area contributed by atoms with Crippen LogP contribution in [0.1, 0.15) is 40.0 Å². The van der Waals surface area contributed by atoms with Crippen LogP contribution < -0.4 is 5.32 Å². The van der Waals surface area contributed by atoms with Gasteiger partial charge in [-0.1, -0.05) is 6.92 Å². The zero-order chi connectivity index (χ0) is 17.0. The predicted octanol–water partition coefficient (Wildman–Crippen LogP) is 0.572. The number of aliphatic hydroxyl groups excluding tert-OH is 1. The Bertz CT molecular complexity index is 458. The second kappa shape index (κ2) is 7.61. The van der Waals surface area contributed by atoms with E-state index in [4.69, 9.17) is 0 Å². The number of amides is 1. The molecule has 1 aliphatic heterocycles. The van der Waals surface area contributed by atoms with Gasteiger partial charge in [0.05, 0.1) is 18.7 Å². The maximum absolute atomic E-state index is 12.3. The number of hydrogen-bond donors (Lipinski definition) is 2. The molecule has 6 nitrogen and oxygen atoms in total. The normalized spacial score (nSPS) is 27.0. The summed E-state index contributed by atoms with van der Waals surface area (Å²) in [5.41, 5.74) is -0.713. The van der Waals surface area contributed by atoms with E-state index >= 15 is 0 Å². The van der Waals surface area contributed by atoms with Gasteiger partial charge in [-0.15, -0.1) is 0 Å². The number of carbonyl (C=O) groups is 1. The van der Waals surface area contributed by atoms with Crippen molar-refractivity contribution < 1.29 is 9.90 Å². The number of rotatable bonds is 7. The van der Waals surface area contributed by atoms with E-state index in [1.807, 2.05) is 13.8 Å². The Morgan fingerprint density at radius 2 is 2.17 bits per heavy atom. The number of nitriles is 1. The van der Waals surface area contributed by atoms with E-state index < -0.39 is 5.54 Å². The van der Waals surface area contributed by atoms with Gasteiger partial charge in [-0.05, 0) is 39.0 Å². The molecule has 2 aliphatic rings. The molecule has 23 heavy (non-hydrogen) atoms. The lowest BCUT2D eigenvalue weighted by Crippen LogP contribution is -2.57. The van der Waals surface area contributed by atoms with Gasteiger partial charge in [0.15, 0.2) is 0 Å². The van der Waals surface area contributed by atoms with Crippen LogP contribution in [-0.2, 0) is 4.79 Å². The van der Waals surface area contributed by atoms with Gasteiger partial charge >= 0.3 is 0 Å². The van der Waals surface area contributed by atoms with Crippen LogP contribution >= 0.6 is 0 Å². The van der Waals surface area contributed by atoms with Crippen LogP contribution in [0.15, 0.2) is 0 Å². The first-order chi connectivity index (χ1) is 10.9. The molecule has 0 spiro atoms. The van der Waals surface area contributed by atoms with Gasteiger partial charge in [0.25, 0.3) is 0 Å². The van der Waals surface area contributed by atoms with Crippen LogP contribution in [0.4, 0.5) is 0 Å². The topological polar surface area (TPSA) is 79.6 Å². The van der Waals surface area contributed by atoms with Crippen molar-refractivity contribution in [3.8, 4) is 6.07 Å². The molecule has 2 rings (SSSR count). The van der Waals surface area contributed by atoms with Crippen molar-refractivity contribution in [3.63, 3.8) is 0 Å². The molecular weight excluding hydrogens is 292 g/mol. The number of carbonyl (C=O) groups excluding carboxylic acids is 1. The molecule has 1 aliphatic carbocycles. The third-order valence-corrected chi connectivity index (χ3v) is 5.05. The second-order valence-electron chi connectivity index (χ2n) is 7.28. The van der Waals surface area contributed by atoms with E-state index in [0.717, 1.165) is 38.9 Å². The fourth-order valence-corrected chi connectivity index (χ4v) is 3.48. The minimum atomic E-state index is -0.713. The highest BCUT2D eigenvalue weighted by Crippen LogP contribution is 2.39. The summed E-state index contributed by atoms with van der Waals surface area (Å²) in [4.78, 5) is 16.8. The smallest absolute Gasteiger partial charge is 0.235 e. The minimum Gasteiger partial charge on any atom is -0.392 e. The van der Waals surface area contributed by atoms with Crippen molar-refractivity contribution >= 4 is 5.91 Å². The summed E-state index contributed by atoms with van der Waals surface area (Å²) in [5, 5.41) is 21.9. The molecule has 0 radical (unpaired) electrons. The lowest BCUT2D eigenvalue weighted by molar-refractivity contribution is -0.124. The Morgan fingerprint density at radius 1 is 1.48 bits per heavy atom. The van der Waals surface area contributed by atoms with Crippen molar-refractivity contribution in [2.75, 3.05) is 32.7 Å². The van der Waals surface area contributed by atoms with Gasteiger partial charge in [-0.3, -0.25) is 14.6 Å². The number of aliphatic hydroxyl groups is 1. The Labute approximate surface area is 139 Å². The lowest BCUT2D eigenvalue weighted by atomic mass is 9.98. The van der Waals surface area contributed by atoms with Crippen molar-refractivity contribution in [2.45, 2.75) is 57.7 Å². The van der Waals surface area contributed by atoms with Crippen molar-refractivity contribution in [1.82, 2.24) is 15.1 Å². The van der Waals surface area contributed by atoms with Crippen LogP contribution in [0, 0.1) is 17.2 Å². The SMILES string of the molecule is CC[C@@H]1CN(CC(=O)N[C@@](C)(C#N)C2CC2)CCN1C[C@@H](C)O. The van der Waals surface area contributed by atoms with Crippen LogP contribution in [-0.4, -0.2) is 71.2 Å². The summed E-state index contributed by atoms with van der Waals surface area (Å²) in [6.07, 6.45) is 2.73. The number of piperazine rings is 1. The first-order valence-electron chi connectivity index (χ1n) is 8.74. The molecule has 1 saturated carbocycles. The molecular formula is C17H30N4O2. The summed E-state index contributed by atoms with van der Waals surface area (Å²) < 4.78 is 0. The summed E-state index contributed by atoms with van der Waals surface area (Å²) in [5.74, 6) is 0.252. The van der Waals surface area contributed by atoms with E-state index in [9.17, 15) is 15.2 Å². The molecule has 2 fully saturated rings. The third-order valence-electron chi connectivity index (χ3n) is 5.05. The third kappa shape index (κ3) is 4.90. The van der Waals surface area contributed by atoms with Crippen LogP contribution in [0.25, 0.3) is 0 Å². The first-order valence-corrected chi connectivity index (χ1v) is 8.74. The van der Waals surface area contributed by atoms with Gasteiger partial charge in [-0.2, -0.15) is 5.26 Å². The maximum Gasteiger partial charge on any atom is 0.235 e. The molecule has 1 heterocycles. The Morgan fingerprint density at radius 3 is 2.70 bits per heavy atom. The Kier molecular flexibility index (Phi) is 6.01. The van der Waals surface area contributed by atoms with Crippen LogP contribution in [0.2, 0.25) is 0 Å². The molecule has 0 unspecified atom stereocenters. The van der Waals surface area contributed by atoms with Gasteiger partial charge in [0.1, 0.15) is 5.54 Å². The summed E-state index contributed by atoms with van der Waals surface area (Å²) >= 11 is 0. The Balaban J connectivity index is 1.84. The highest BCUT2D eigenvalue weighted by Gasteiger charge is 2.43. The predicted molar refractivity (Wildman–Crippen MR) is 88.7 cm³/mol. The van der Waals surface area contributed by atoms with Crippen molar-refractivity contribution in [2.24, 2.45) is 5.92 Å². The van der Waals surface area contributed by atoms with Crippen molar-refractivity contribution in [1.29, 1.82) is 5.26 Å². The zero-order valence-corrected chi connectivity index (χ0v) is 14.6. The van der Waals surface area contributed by atoms with E-state index in [0.29, 0.717) is 25.0 Å².